The summed E-state index contributed by atoms with van der Waals surface area (Å²) in [5.41, 5.74) is 5.22. The van der Waals surface area contributed by atoms with Crippen LogP contribution in [0.1, 0.15) is 12.8 Å². The molecule has 0 radical (unpaired) electrons. The second-order valence-electron chi connectivity index (χ2n) is 1.34. The molecule has 0 aromatic rings. The first-order chi connectivity index (χ1) is 1.89. The van der Waals surface area contributed by atoms with Crippen molar-refractivity contribution in [2.45, 2.75) is 18.9 Å². The van der Waals surface area contributed by atoms with Gasteiger partial charge < -0.3 is 5.73 Å². The van der Waals surface area contributed by atoms with Crippen LogP contribution in [0.3, 0.4) is 0 Å². The zero-order valence-corrected chi connectivity index (χ0v) is 5.16. The Labute approximate surface area is 46.2 Å². The van der Waals surface area contributed by atoms with Crippen LogP contribution in [0.15, 0.2) is 0 Å². The average Bonchev–Trinajstić information content (AvgIpc) is 1.75. The first-order valence-electron chi connectivity index (χ1n) is 1.65. The second-order valence-corrected chi connectivity index (χ2v) is 1.34. The molecule has 0 spiro atoms. The molecule has 34 valence electrons. The molecule has 0 aromatic carbocycles. The molecule has 0 aliphatic heterocycles. The van der Waals surface area contributed by atoms with Gasteiger partial charge in [-0.1, -0.05) is 0 Å². The molecule has 0 amide bonds. The van der Waals surface area contributed by atoms with Crippen molar-refractivity contribution in [3.05, 3.63) is 0 Å². The fourth-order valence-electron chi connectivity index (χ4n) is 0.0962. The molecule has 1 fully saturated rings. The van der Waals surface area contributed by atoms with Crippen molar-refractivity contribution in [1.82, 2.24) is 0 Å². The predicted molar refractivity (Wildman–Crippen MR) is 17.2 cm³/mol. The third-order valence-electron chi connectivity index (χ3n) is 0.622. The summed E-state index contributed by atoms with van der Waals surface area (Å²) in [6, 6.07) is 0.583. The van der Waals surface area contributed by atoms with Gasteiger partial charge in [-0.15, -0.1) is 0 Å². The molecule has 0 saturated heterocycles. The summed E-state index contributed by atoms with van der Waals surface area (Å²) in [5, 5.41) is 0. The largest absolute Gasteiger partial charge is 0.328 e. The monoisotopic (exact) mass is 252 g/mol. The van der Waals surface area contributed by atoms with Gasteiger partial charge in [-0.05, 0) is 12.8 Å². The van der Waals surface area contributed by atoms with Crippen LogP contribution in [0, 0.1) is 0 Å². The van der Waals surface area contributed by atoms with Crippen LogP contribution >= 0.6 is 0 Å². The summed E-state index contributed by atoms with van der Waals surface area (Å²) in [7, 11) is 0. The van der Waals surface area contributed by atoms with Crippen molar-refractivity contribution in [2.75, 3.05) is 0 Å². The minimum atomic E-state index is 0. The van der Waals surface area contributed by atoms with Gasteiger partial charge >= 0.3 is 0 Å². The van der Waals surface area contributed by atoms with Crippen LogP contribution in [-0.2, 0) is 21.1 Å². The maximum absolute atomic E-state index is 5.22. The number of rotatable bonds is 0. The van der Waals surface area contributed by atoms with Crippen LogP contribution in [0.2, 0.25) is 0 Å². The smallest absolute Gasteiger partial charge is 0.00399 e. The Hall–Kier alpha value is 0.648. The summed E-state index contributed by atoms with van der Waals surface area (Å²) in [5.74, 6) is 0. The van der Waals surface area contributed by atoms with E-state index in [9.17, 15) is 0 Å². The third kappa shape index (κ3) is 2.45. The minimum absolute atomic E-state index is 0. The molecule has 2 N–H and O–H groups in total. The number of hydrogen-bond acceptors (Lipinski definition) is 1. The van der Waals surface area contributed by atoms with Crippen LogP contribution < -0.4 is 5.73 Å². The third-order valence-corrected chi connectivity index (χ3v) is 0.622. The average molecular weight is 252 g/mol. The SMILES string of the molecule is NC1CC1.[Pt]. The summed E-state index contributed by atoms with van der Waals surface area (Å²) < 4.78 is 0. The standard InChI is InChI=1S/C3H7N.Pt/c4-3-1-2-3;/h3H,1-2,4H2;. The van der Waals surface area contributed by atoms with Gasteiger partial charge in [-0.25, -0.2) is 0 Å². The molecule has 5 heavy (non-hydrogen) atoms. The van der Waals surface area contributed by atoms with Gasteiger partial charge in [0.15, 0.2) is 0 Å². The molecule has 1 saturated carbocycles. The van der Waals surface area contributed by atoms with Crippen molar-refractivity contribution in [2.24, 2.45) is 5.73 Å². The van der Waals surface area contributed by atoms with Crippen molar-refractivity contribution in [1.29, 1.82) is 0 Å². The van der Waals surface area contributed by atoms with Crippen molar-refractivity contribution >= 4 is 0 Å². The fourth-order valence-corrected chi connectivity index (χ4v) is 0.0962. The fraction of sp³-hybridized carbons (Fsp3) is 1.00. The van der Waals surface area contributed by atoms with E-state index in [2.05, 4.69) is 0 Å². The first kappa shape index (κ1) is 5.65. The summed E-state index contributed by atoms with van der Waals surface area (Å²) in [6.07, 6.45) is 2.53. The molecule has 0 heterocycles. The van der Waals surface area contributed by atoms with Gasteiger partial charge in [0.05, 0.1) is 0 Å². The molecular weight excluding hydrogens is 245 g/mol. The molecule has 0 atom stereocenters. The predicted octanol–water partition coefficient (Wildman–Crippen LogP) is 0.105. The van der Waals surface area contributed by atoms with E-state index in [0.717, 1.165) is 0 Å². The summed E-state index contributed by atoms with van der Waals surface area (Å²) >= 11 is 0. The molecule has 1 aliphatic rings. The zero-order chi connectivity index (χ0) is 2.99. The molecule has 2 heteroatoms. The molecule has 1 aliphatic carbocycles. The topological polar surface area (TPSA) is 26.0 Å². The Morgan fingerprint density at radius 2 is 1.60 bits per heavy atom. The molecule has 0 bridgehead atoms. The van der Waals surface area contributed by atoms with Crippen LogP contribution in [-0.4, -0.2) is 6.04 Å². The van der Waals surface area contributed by atoms with E-state index in [1.807, 2.05) is 0 Å². The normalized spacial score (nSPS) is 21.0. The first-order valence-corrected chi connectivity index (χ1v) is 1.65. The van der Waals surface area contributed by atoms with Crippen LogP contribution in [0.4, 0.5) is 0 Å². The Kier molecular flexibility index (Phi) is 2.19. The van der Waals surface area contributed by atoms with E-state index in [0.29, 0.717) is 6.04 Å². The molecule has 0 unspecified atom stereocenters. The van der Waals surface area contributed by atoms with E-state index in [1.165, 1.54) is 12.8 Å². The van der Waals surface area contributed by atoms with Crippen molar-refractivity contribution in [3.63, 3.8) is 0 Å². The molecule has 1 nitrogen and oxygen atoms in total. The Balaban J connectivity index is 0.000000160. The summed E-state index contributed by atoms with van der Waals surface area (Å²) in [6.45, 7) is 0. The minimum Gasteiger partial charge on any atom is -0.328 e. The second kappa shape index (κ2) is 1.94. The number of hydrogen-bond donors (Lipinski definition) is 1. The van der Waals surface area contributed by atoms with Crippen molar-refractivity contribution in [3.8, 4) is 0 Å². The quantitative estimate of drug-likeness (QED) is 0.650. The van der Waals surface area contributed by atoms with E-state index < -0.39 is 0 Å². The molecule has 1 rings (SSSR count). The van der Waals surface area contributed by atoms with Gasteiger partial charge in [0.25, 0.3) is 0 Å². The van der Waals surface area contributed by atoms with E-state index >= 15 is 0 Å². The molecular formula is C3H7NPt. The summed E-state index contributed by atoms with van der Waals surface area (Å²) in [4.78, 5) is 0. The van der Waals surface area contributed by atoms with Gasteiger partial charge in [-0.3, -0.25) is 0 Å². The molecule has 0 aromatic heterocycles. The maximum atomic E-state index is 5.22. The van der Waals surface area contributed by atoms with Gasteiger partial charge in [0.2, 0.25) is 0 Å². The van der Waals surface area contributed by atoms with Crippen molar-refractivity contribution < 1.29 is 21.1 Å². The van der Waals surface area contributed by atoms with Gasteiger partial charge in [0.1, 0.15) is 0 Å². The maximum Gasteiger partial charge on any atom is 0.00399 e. The zero-order valence-electron chi connectivity index (χ0n) is 2.89. The Morgan fingerprint density at radius 1 is 1.40 bits per heavy atom. The Morgan fingerprint density at radius 3 is 1.60 bits per heavy atom. The van der Waals surface area contributed by atoms with Crippen LogP contribution in [0.25, 0.3) is 0 Å². The van der Waals surface area contributed by atoms with E-state index in [4.69, 9.17) is 5.73 Å². The van der Waals surface area contributed by atoms with Gasteiger partial charge in [-0.2, -0.15) is 0 Å². The van der Waals surface area contributed by atoms with Gasteiger partial charge in [0, 0.05) is 27.1 Å². The Bertz CT molecular complexity index is 26.1. The van der Waals surface area contributed by atoms with Crippen LogP contribution in [0.5, 0.6) is 0 Å². The number of nitrogens with two attached hydrogens (primary N) is 1. The van der Waals surface area contributed by atoms with E-state index in [1.54, 1.807) is 0 Å². The van der Waals surface area contributed by atoms with E-state index in [-0.39, 0.29) is 21.1 Å².